The normalized spacial score (nSPS) is 16.9. The second-order valence-electron chi connectivity index (χ2n) is 6.36. The third kappa shape index (κ3) is 3.13. The fourth-order valence-electron chi connectivity index (χ4n) is 3.35. The second kappa shape index (κ2) is 6.64. The summed E-state index contributed by atoms with van der Waals surface area (Å²) >= 11 is 0. The number of pyridine rings is 1. The van der Waals surface area contributed by atoms with Gasteiger partial charge in [0.25, 0.3) is 5.56 Å². The molecule has 128 valence electrons. The molecule has 1 atom stereocenters. The lowest BCUT2D eigenvalue weighted by Crippen LogP contribution is -2.47. The van der Waals surface area contributed by atoms with Crippen LogP contribution in [0.3, 0.4) is 0 Å². The fraction of sp³-hybridized carbons (Fsp3) is 0.316. The standard InChI is InChI=1S/C19H21N5O/c1-14(18-21-16-7-3-2-6-15(16)19(25)22-18)23-10-12-24(13-11-23)17-8-4-5-9-20-17/h2-9,14H,10-13H2,1H3,(H,21,22,25)/t14-/m0/s1. The predicted octanol–water partition coefficient (Wildman–Crippen LogP) is 2.20. The minimum absolute atomic E-state index is 0.0698. The van der Waals surface area contributed by atoms with Crippen molar-refractivity contribution in [2.75, 3.05) is 31.1 Å². The molecule has 0 radical (unpaired) electrons. The Bertz CT molecular complexity index is 916. The summed E-state index contributed by atoms with van der Waals surface area (Å²) in [6.45, 7) is 5.75. The van der Waals surface area contributed by atoms with Crippen molar-refractivity contribution < 1.29 is 0 Å². The van der Waals surface area contributed by atoms with Gasteiger partial charge in [-0.25, -0.2) is 9.97 Å². The number of anilines is 1. The van der Waals surface area contributed by atoms with Crippen molar-refractivity contribution >= 4 is 16.7 Å². The number of rotatable bonds is 3. The lowest BCUT2D eigenvalue weighted by atomic mass is 10.2. The molecule has 3 heterocycles. The zero-order valence-electron chi connectivity index (χ0n) is 14.2. The van der Waals surface area contributed by atoms with Crippen molar-refractivity contribution in [1.82, 2.24) is 19.9 Å². The van der Waals surface area contributed by atoms with Gasteiger partial charge in [-0.05, 0) is 31.2 Å². The number of fused-ring (bicyclic) bond motifs is 1. The third-order valence-corrected chi connectivity index (χ3v) is 4.86. The zero-order valence-corrected chi connectivity index (χ0v) is 14.2. The van der Waals surface area contributed by atoms with Crippen LogP contribution < -0.4 is 10.5 Å². The number of hydrogen-bond acceptors (Lipinski definition) is 5. The van der Waals surface area contributed by atoms with Crippen LogP contribution in [0.15, 0.2) is 53.5 Å². The molecule has 0 bridgehead atoms. The average molecular weight is 335 g/mol. The van der Waals surface area contributed by atoms with Gasteiger partial charge in [0.15, 0.2) is 0 Å². The molecule has 1 saturated heterocycles. The fourth-order valence-corrected chi connectivity index (χ4v) is 3.35. The number of hydrogen-bond donors (Lipinski definition) is 1. The van der Waals surface area contributed by atoms with Crippen molar-refractivity contribution in [3.8, 4) is 0 Å². The van der Waals surface area contributed by atoms with Crippen molar-refractivity contribution in [3.63, 3.8) is 0 Å². The van der Waals surface area contributed by atoms with Gasteiger partial charge in [-0.15, -0.1) is 0 Å². The van der Waals surface area contributed by atoms with Crippen LogP contribution in [0.25, 0.3) is 10.9 Å². The Kier molecular flexibility index (Phi) is 4.19. The topological polar surface area (TPSA) is 65.1 Å². The smallest absolute Gasteiger partial charge is 0.258 e. The molecule has 0 unspecified atom stereocenters. The molecule has 4 rings (SSSR count). The van der Waals surface area contributed by atoms with E-state index in [0.29, 0.717) is 5.39 Å². The maximum Gasteiger partial charge on any atom is 0.258 e. The van der Waals surface area contributed by atoms with Crippen LogP contribution in [0, 0.1) is 0 Å². The van der Waals surface area contributed by atoms with Crippen LogP contribution in [-0.2, 0) is 0 Å². The van der Waals surface area contributed by atoms with Gasteiger partial charge in [-0.2, -0.15) is 0 Å². The van der Waals surface area contributed by atoms with Gasteiger partial charge in [-0.1, -0.05) is 18.2 Å². The number of nitrogens with one attached hydrogen (secondary N) is 1. The van der Waals surface area contributed by atoms with Gasteiger partial charge in [0.05, 0.1) is 16.9 Å². The van der Waals surface area contributed by atoms with Crippen LogP contribution in [0.2, 0.25) is 0 Å². The minimum Gasteiger partial charge on any atom is -0.354 e. The SMILES string of the molecule is C[C@@H](c1nc2ccccc2c(=O)[nH]1)N1CCN(c2ccccn2)CC1. The molecule has 1 aliphatic heterocycles. The second-order valence-corrected chi connectivity index (χ2v) is 6.36. The van der Waals surface area contributed by atoms with Gasteiger partial charge < -0.3 is 9.88 Å². The highest BCUT2D eigenvalue weighted by Crippen LogP contribution is 2.21. The number of aromatic amines is 1. The maximum absolute atomic E-state index is 12.3. The zero-order chi connectivity index (χ0) is 17.2. The van der Waals surface area contributed by atoms with Crippen LogP contribution in [-0.4, -0.2) is 46.0 Å². The summed E-state index contributed by atoms with van der Waals surface area (Å²) in [5.74, 6) is 1.75. The van der Waals surface area contributed by atoms with Crippen LogP contribution in [0.1, 0.15) is 18.8 Å². The van der Waals surface area contributed by atoms with Gasteiger partial charge in [0.2, 0.25) is 0 Å². The summed E-state index contributed by atoms with van der Waals surface area (Å²) in [5, 5.41) is 0.637. The Hall–Kier alpha value is -2.73. The average Bonchev–Trinajstić information content (AvgIpc) is 2.68. The molecule has 25 heavy (non-hydrogen) atoms. The van der Waals surface area contributed by atoms with E-state index in [2.05, 4.69) is 31.7 Å². The molecule has 2 aromatic heterocycles. The Morgan fingerprint density at radius 1 is 1.04 bits per heavy atom. The first-order chi connectivity index (χ1) is 12.2. The van der Waals surface area contributed by atoms with Crippen LogP contribution >= 0.6 is 0 Å². The molecule has 6 nitrogen and oxygen atoms in total. The molecule has 6 heteroatoms. The number of aromatic nitrogens is 3. The van der Waals surface area contributed by atoms with E-state index in [1.165, 1.54) is 0 Å². The lowest BCUT2D eigenvalue weighted by molar-refractivity contribution is 0.191. The summed E-state index contributed by atoms with van der Waals surface area (Å²) in [5.41, 5.74) is 0.680. The van der Waals surface area contributed by atoms with E-state index >= 15 is 0 Å². The Morgan fingerprint density at radius 3 is 2.56 bits per heavy atom. The Balaban J connectivity index is 1.51. The third-order valence-electron chi connectivity index (χ3n) is 4.86. The molecule has 1 aliphatic rings. The molecule has 0 amide bonds. The van der Waals surface area contributed by atoms with E-state index in [9.17, 15) is 4.79 Å². The van der Waals surface area contributed by atoms with Crippen molar-refractivity contribution in [2.24, 2.45) is 0 Å². The molecule has 1 fully saturated rings. The number of benzene rings is 1. The largest absolute Gasteiger partial charge is 0.354 e. The number of nitrogens with zero attached hydrogens (tertiary/aromatic N) is 4. The number of piperazine rings is 1. The van der Waals surface area contributed by atoms with Gasteiger partial charge in [0.1, 0.15) is 11.6 Å². The highest BCUT2D eigenvalue weighted by Gasteiger charge is 2.24. The molecule has 0 spiro atoms. The number of para-hydroxylation sites is 1. The molecule has 0 saturated carbocycles. The van der Waals surface area contributed by atoms with Gasteiger partial charge in [0, 0.05) is 32.4 Å². The predicted molar refractivity (Wildman–Crippen MR) is 98.8 cm³/mol. The van der Waals surface area contributed by atoms with E-state index < -0.39 is 0 Å². The molecule has 0 aliphatic carbocycles. The van der Waals surface area contributed by atoms with Crippen molar-refractivity contribution in [1.29, 1.82) is 0 Å². The molecule has 1 aromatic carbocycles. The monoisotopic (exact) mass is 335 g/mol. The Labute approximate surface area is 146 Å². The highest BCUT2D eigenvalue weighted by atomic mass is 16.1. The Morgan fingerprint density at radius 2 is 1.80 bits per heavy atom. The molecular weight excluding hydrogens is 314 g/mol. The summed E-state index contributed by atoms with van der Waals surface area (Å²) in [6, 6.07) is 13.5. The van der Waals surface area contributed by atoms with Crippen LogP contribution in [0.4, 0.5) is 5.82 Å². The first-order valence-electron chi connectivity index (χ1n) is 8.61. The first-order valence-corrected chi connectivity index (χ1v) is 8.61. The summed E-state index contributed by atoms with van der Waals surface area (Å²) in [4.78, 5) is 29.0. The van der Waals surface area contributed by atoms with E-state index in [1.54, 1.807) is 6.07 Å². The van der Waals surface area contributed by atoms with E-state index in [0.717, 1.165) is 43.3 Å². The van der Waals surface area contributed by atoms with Crippen molar-refractivity contribution in [2.45, 2.75) is 13.0 Å². The highest BCUT2D eigenvalue weighted by molar-refractivity contribution is 5.77. The van der Waals surface area contributed by atoms with Crippen LogP contribution in [0.5, 0.6) is 0 Å². The maximum atomic E-state index is 12.3. The van der Waals surface area contributed by atoms with Gasteiger partial charge in [-0.3, -0.25) is 9.69 Å². The van der Waals surface area contributed by atoms with E-state index in [-0.39, 0.29) is 11.6 Å². The first kappa shape index (κ1) is 15.8. The summed E-state index contributed by atoms with van der Waals surface area (Å²) < 4.78 is 0. The van der Waals surface area contributed by atoms with E-state index in [4.69, 9.17) is 0 Å². The number of H-pyrrole nitrogens is 1. The van der Waals surface area contributed by atoms with Crippen molar-refractivity contribution in [3.05, 3.63) is 64.8 Å². The molecule has 1 N–H and O–H groups in total. The van der Waals surface area contributed by atoms with Gasteiger partial charge >= 0.3 is 0 Å². The summed E-state index contributed by atoms with van der Waals surface area (Å²) in [7, 11) is 0. The minimum atomic E-state index is -0.0698. The van der Waals surface area contributed by atoms with E-state index in [1.807, 2.05) is 42.6 Å². The quantitative estimate of drug-likeness (QED) is 0.795. The summed E-state index contributed by atoms with van der Waals surface area (Å²) in [6.07, 6.45) is 1.83. The molecular formula is C19H21N5O. The molecule has 3 aromatic rings. The lowest BCUT2D eigenvalue weighted by Gasteiger charge is -2.38.